The molecule has 8 nitrogen and oxygen atoms in total. The summed E-state index contributed by atoms with van der Waals surface area (Å²) in [7, 11) is -3.44. The molecule has 1 aromatic heterocycles. The number of aromatic nitrogens is 2. The van der Waals surface area contributed by atoms with Crippen molar-refractivity contribution >= 4 is 15.9 Å². The summed E-state index contributed by atoms with van der Waals surface area (Å²) in [5.41, 5.74) is 1.98. The van der Waals surface area contributed by atoms with Crippen LogP contribution in [0.15, 0.2) is 18.2 Å². The quantitative estimate of drug-likeness (QED) is 0.388. The number of amides is 1. The van der Waals surface area contributed by atoms with Crippen LogP contribution in [-0.2, 0) is 36.0 Å². The van der Waals surface area contributed by atoms with Gasteiger partial charge in [0, 0.05) is 25.1 Å². The minimum Gasteiger partial charge on any atom is -0.484 e. The molecule has 0 saturated heterocycles. The lowest BCUT2D eigenvalue weighted by Gasteiger charge is -2.23. The number of benzene rings is 1. The zero-order valence-electron chi connectivity index (χ0n) is 20.7. The Labute approximate surface area is 218 Å². The van der Waals surface area contributed by atoms with E-state index in [9.17, 15) is 30.8 Å². The van der Waals surface area contributed by atoms with Crippen molar-refractivity contribution in [3.8, 4) is 5.75 Å². The Kier molecular flexibility index (Phi) is 7.42. The predicted octanol–water partition coefficient (Wildman–Crippen LogP) is 3.63. The average molecular weight is 559 g/mol. The number of halogens is 4. The van der Waals surface area contributed by atoms with Gasteiger partial charge in [-0.05, 0) is 55.7 Å². The number of hydrogen-bond donors (Lipinski definition) is 2. The number of alkyl halides is 3. The fourth-order valence-electron chi connectivity index (χ4n) is 4.77. The molecule has 2 aliphatic carbocycles. The van der Waals surface area contributed by atoms with Crippen LogP contribution >= 0.6 is 0 Å². The third kappa shape index (κ3) is 6.85. The van der Waals surface area contributed by atoms with Crippen LogP contribution in [0.4, 0.5) is 17.6 Å². The van der Waals surface area contributed by atoms with Crippen LogP contribution < -0.4 is 14.8 Å². The van der Waals surface area contributed by atoms with Crippen molar-refractivity contribution < 1.29 is 35.5 Å². The van der Waals surface area contributed by atoms with E-state index >= 15 is 0 Å². The van der Waals surface area contributed by atoms with Crippen molar-refractivity contribution in [3.05, 3.63) is 46.5 Å². The minimum absolute atomic E-state index is 0.00604. The monoisotopic (exact) mass is 558 g/mol. The number of aryl methyl sites for hydroxylation is 2. The second-order valence-electron chi connectivity index (χ2n) is 10.4. The molecule has 2 saturated carbocycles. The van der Waals surface area contributed by atoms with Gasteiger partial charge in [-0.25, -0.2) is 17.5 Å². The molecule has 2 N–H and O–H groups in total. The van der Waals surface area contributed by atoms with Gasteiger partial charge >= 0.3 is 6.18 Å². The van der Waals surface area contributed by atoms with Crippen molar-refractivity contribution in [2.24, 2.45) is 5.92 Å². The summed E-state index contributed by atoms with van der Waals surface area (Å²) in [6.45, 7) is -0.923. The second-order valence-corrected chi connectivity index (χ2v) is 12.4. The smallest absolute Gasteiger partial charge is 0.422 e. The van der Waals surface area contributed by atoms with Crippen molar-refractivity contribution in [1.29, 1.82) is 0 Å². The molecule has 0 unspecified atom stereocenters. The first-order chi connectivity index (χ1) is 18.0. The maximum absolute atomic E-state index is 14.0. The average Bonchev–Trinajstić information content (AvgIpc) is 3.75. The van der Waals surface area contributed by atoms with E-state index in [1.54, 1.807) is 4.68 Å². The van der Waals surface area contributed by atoms with E-state index < -0.39 is 28.6 Å². The number of nitrogens with zero attached hydrogens (tertiary/aromatic N) is 2. The Morgan fingerprint density at radius 2 is 1.89 bits per heavy atom. The molecule has 1 amide bonds. The standard InChI is InChI=1S/C25H30F4N4O4S/c26-17-9-16(10-19(11-17)37-14-25(27,28)29)3-4-18-12-21-23(24(34)31-18)22(13-30-38(35,36)20-5-6-20)33(32-21)8-7-15-1-2-15/h9-11,15,18,20,30H,1-8,12-14H2,(H,31,34)/t18-/m0/s1. The Morgan fingerprint density at radius 1 is 1.13 bits per heavy atom. The van der Waals surface area contributed by atoms with Crippen molar-refractivity contribution in [2.75, 3.05) is 6.61 Å². The van der Waals surface area contributed by atoms with E-state index in [0.29, 0.717) is 67.1 Å². The molecule has 1 aliphatic heterocycles. The summed E-state index contributed by atoms with van der Waals surface area (Å²) in [5.74, 6) is -0.629. The Hall–Kier alpha value is -2.67. The van der Waals surface area contributed by atoms with Crippen LogP contribution in [0, 0.1) is 11.7 Å². The van der Waals surface area contributed by atoms with Gasteiger partial charge in [0.1, 0.15) is 11.6 Å². The SMILES string of the molecule is O=C1N[C@@H](CCc2cc(F)cc(OCC(F)(F)F)c2)Cc2nn(CCC3CC3)c(CNS(=O)(=O)C3CC3)c21. The number of sulfonamides is 1. The highest BCUT2D eigenvalue weighted by Gasteiger charge is 2.37. The lowest BCUT2D eigenvalue weighted by molar-refractivity contribution is -0.153. The molecule has 13 heteroatoms. The largest absolute Gasteiger partial charge is 0.484 e. The molecule has 208 valence electrons. The van der Waals surface area contributed by atoms with Gasteiger partial charge in [0.15, 0.2) is 6.61 Å². The molecule has 0 bridgehead atoms. The molecule has 2 aromatic rings. The molecule has 2 heterocycles. The third-order valence-electron chi connectivity index (χ3n) is 7.10. The van der Waals surface area contributed by atoms with Gasteiger partial charge in [0.2, 0.25) is 10.0 Å². The van der Waals surface area contributed by atoms with Gasteiger partial charge in [-0.2, -0.15) is 18.3 Å². The summed E-state index contributed by atoms with van der Waals surface area (Å²) in [6.07, 6.45) is 1.10. The molecule has 1 atom stereocenters. The van der Waals surface area contributed by atoms with Crippen LogP contribution in [0.3, 0.4) is 0 Å². The van der Waals surface area contributed by atoms with Gasteiger partial charge in [0.05, 0.1) is 28.7 Å². The van der Waals surface area contributed by atoms with E-state index in [4.69, 9.17) is 0 Å². The number of rotatable bonds is 12. The minimum atomic E-state index is -4.53. The lowest BCUT2D eigenvalue weighted by atomic mass is 9.95. The highest BCUT2D eigenvalue weighted by Crippen LogP contribution is 2.34. The summed E-state index contributed by atoms with van der Waals surface area (Å²) in [4.78, 5) is 13.1. The van der Waals surface area contributed by atoms with Gasteiger partial charge in [-0.15, -0.1) is 0 Å². The fourth-order valence-corrected chi connectivity index (χ4v) is 6.10. The number of fused-ring (bicyclic) bond motifs is 1. The van der Waals surface area contributed by atoms with Crippen molar-refractivity contribution in [3.63, 3.8) is 0 Å². The first kappa shape index (κ1) is 26.9. The lowest BCUT2D eigenvalue weighted by Crippen LogP contribution is -2.42. The maximum atomic E-state index is 14.0. The Balaban J connectivity index is 1.27. The first-order valence-corrected chi connectivity index (χ1v) is 14.4. The van der Waals surface area contributed by atoms with Gasteiger partial charge in [-0.1, -0.05) is 12.8 Å². The molecule has 1 aromatic carbocycles. The van der Waals surface area contributed by atoms with Crippen LogP contribution in [0.25, 0.3) is 0 Å². The zero-order valence-corrected chi connectivity index (χ0v) is 21.5. The number of nitrogens with one attached hydrogen (secondary N) is 2. The van der Waals surface area contributed by atoms with E-state index in [0.717, 1.165) is 25.3 Å². The van der Waals surface area contributed by atoms with Crippen LogP contribution in [0.5, 0.6) is 5.75 Å². The molecule has 0 spiro atoms. The van der Waals surface area contributed by atoms with Gasteiger partial charge in [-0.3, -0.25) is 9.48 Å². The van der Waals surface area contributed by atoms with Gasteiger partial charge in [0.25, 0.3) is 5.91 Å². The summed E-state index contributed by atoms with van der Waals surface area (Å²) in [6, 6.07) is 3.17. The Bertz CT molecular complexity index is 1300. The summed E-state index contributed by atoms with van der Waals surface area (Å²) in [5, 5.41) is 7.24. The van der Waals surface area contributed by atoms with E-state index in [1.807, 2.05) is 0 Å². The topological polar surface area (TPSA) is 102 Å². The summed E-state index contributed by atoms with van der Waals surface area (Å²) >= 11 is 0. The molecule has 2 fully saturated rings. The van der Waals surface area contributed by atoms with Crippen LogP contribution in [0.1, 0.15) is 65.8 Å². The highest BCUT2D eigenvalue weighted by atomic mass is 32.2. The number of ether oxygens (including phenoxy) is 1. The number of carbonyl (C=O) groups is 1. The summed E-state index contributed by atoms with van der Waals surface area (Å²) < 4.78 is 85.2. The van der Waals surface area contributed by atoms with E-state index in [-0.39, 0.29) is 29.5 Å². The van der Waals surface area contributed by atoms with Crippen LogP contribution in [0.2, 0.25) is 0 Å². The van der Waals surface area contributed by atoms with Gasteiger partial charge < -0.3 is 10.1 Å². The highest BCUT2D eigenvalue weighted by molar-refractivity contribution is 7.90. The fraction of sp³-hybridized carbons (Fsp3) is 0.600. The van der Waals surface area contributed by atoms with E-state index in [1.165, 1.54) is 12.1 Å². The second kappa shape index (κ2) is 10.5. The molecular formula is C25H30F4N4O4S. The normalized spacial score (nSPS) is 19.8. The molecule has 5 rings (SSSR count). The predicted molar refractivity (Wildman–Crippen MR) is 130 cm³/mol. The van der Waals surface area contributed by atoms with Crippen molar-refractivity contribution in [1.82, 2.24) is 19.8 Å². The van der Waals surface area contributed by atoms with Crippen LogP contribution in [-0.4, -0.2) is 48.2 Å². The number of carbonyl (C=O) groups excluding carboxylic acids is 1. The molecule has 38 heavy (non-hydrogen) atoms. The Morgan fingerprint density at radius 3 is 2.58 bits per heavy atom. The van der Waals surface area contributed by atoms with Crippen molar-refractivity contribution in [2.45, 2.75) is 81.9 Å². The maximum Gasteiger partial charge on any atom is 0.422 e. The molecule has 0 radical (unpaired) electrons. The molecular weight excluding hydrogens is 528 g/mol. The first-order valence-electron chi connectivity index (χ1n) is 12.8. The van der Waals surface area contributed by atoms with E-state index in [2.05, 4.69) is 19.9 Å². The molecule has 3 aliphatic rings. The zero-order chi connectivity index (χ0) is 27.1. The number of hydrogen-bond acceptors (Lipinski definition) is 5. The third-order valence-corrected chi connectivity index (χ3v) is 8.99.